The van der Waals surface area contributed by atoms with Crippen LogP contribution >= 0.6 is 0 Å². The average molecular weight is 1080 g/mol. The van der Waals surface area contributed by atoms with E-state index in [2.05, 4.69) is 216 Å². The number of para-hydroxylation sites is 1. The first-order chi connectivity index (χ1) is 39.6. The van der Waals surface area contributed by atoms with Crippen molar-refractivity contribution >= 4 is 56.1 Å². The number of anilines is 5. The van der Waals surface area contributed by atoms with E-state index in [9.17, 15) is 0 Å². The Morgan fingerprint density at radius 2 is 1.11 bits per heavy atom. The molecule has 1 aliphatic heterocycles. The van der Waals surface area contributed by atoms with Crippen LogP contribution in [0.1, 0.15) is 93.0 Å². The van der Waals surface area contributed by atoms with Crippen LogP contribution in [0.3, 0.4) is 0 Å². The highest BCUT2D eigenvalue weighted by Gasteiger charge is 2.49. The lowest BCUT2D eigenvalue weighted by Crippen LogP contribution is -2.33. The lowest BCUT2D eigenvalue weighted by Gasteiger charge is -2.37. The summed E-state index contributed by atoms with van der Waals surface area (Å²) in [5, 5.41) is 5.68. The van der Waals surface area contributed by atoms with Gasteiger partial charge in [0.25, 0.3) is 0 Å². The molecule has 404 valence electrons. The van der Waals surface area contributed by atoms with Crippen LogP contribution < -0.4 is 15.1 Å². The minimum absolute atomic E-state index is 0.0828. The molecule has 11 aromatic rings. The summed E-state index contributed by atoms with van der Waals surface area (Å²) >= 11 is 0. The molecule has 7 heteroatoms. The molecule has 0 atom stereocenters. The third kappa shape index (κ3) is 8.87. The lowest BCUT2D eigenvalue weighted by molar-refractivity contribution is 0.590. The summed E-state index contributed by atoms with van der Waals surface area (Å²) in [6.07, 6.45) is 4.20. The van der Waals surface area contributed by atoms with Gasteiger partial charge in [-0.3, -0.25) is 9.80 Å². The monoisotopic (exact) mass is 1070 g/mol. The van der Waals surface area contributed by atoms with Gasteiger partial charge in [-0.05, 0) is 159 Å². The molecule has 0 fully saturated rings. The van der Waals surface area contributed by atoms with Gasteiger partial charge in [0, 0.05) is 51.9 Å². The van der Waals surface area contributed by atoms with E-state index in [0.717, 1.165) is 89.4 Å². The first kappa shape index (κ1) is 52.1. The molecule has 1 N–H and O–H groups in total. The highest BCUT2D eigenvalue weighted by atomic mass is 19.1. The molecule has 82 heavy (non-hydrogen) atoms. The minimum atomic E-state index is -1.34. The van der Waals surface area contributed by atoms with Crippen molar-refractivity contribution in [2.45, 2.75) is 71.6 Å². The minimum Gasteiger partial charge on any atom is -0.455 e. The van der Waals surface area contributed by atoms with E-state index in [0.29, 0.717) is 34.7 Å². The van der Waals surface area contributed by atoms with Gasteiger partial charge in [0.15, 0.2) is 0 Å². The maximum atomic E-state index is 16.6. The number of allylic oxidation sites excluding steroid dienone is 2. The standard InChI is InChI=1S/C75H64F2N4O/c1-47-39-62(49-19-11-9-12-20-49)71(78-45-47)80(57-33-29-51(30-34-57)73(3,4)5)59-37-38-60-64(43-59)75(53-23-17-25-55(76)41-53,54-24-18-26-56(77)42-54)65-44-66(69-61-27-15-16-28-67(61)82-70(69)68(60)65)81(58-35-31-52(32-36-58)74(6,7)8)72-63(40-48(2)46-79-72)50-21-13-10-14-22-50/h9-44,46,78H,45H2,1-8H3. The number of halogens is 2. The summed E-state index contributed by atoms with van der Waals surface area (Å²) in [5.41, 5.74) is 16.6. The Labute approximate surface area is 479 Å². The van der Waals surface area contributed by atoms with Gasteiger partial charge in [0.1, 0.15) is 34.4 Å². The van der Waals surface area contributed by atoms with Crippen molar-refractivity contribution < 1.29 is 13.2 Å². The number of furan rings is 1. The van der Waals surface area contributed by atoms with Gasteiger partial charge in [-0.1, -0.05) is 187 Å². The van der Waals surface area contributed by atoms with Crippen LogP contribution in [0.15, 0.2) is 240 Å². The normalized spacial score (nSPS) is 13.9. The summed E-state index contributed by atoms with van der Waals surface area (Å²) in [7, 11) is 0. The molecular weight excluding hydrogens is 1010 g/mol. The third-order valence-electron chi connectivity index (χ3n) is 16.5. The van der Waals surface area contributed by atoms with Gasteiger partial charge in [-0.2, -0.15) is 0 Å². The van der Waals surface area contributed by atoms with Crippen molar-refractivity contribution in [1.29, 1.82) is 0 Å². The second-order valence-electron chi connectivity index (χ2n) is 24.1. The number of hydrogen-bond donors (Lipinski definition) is 1. The number of aromatic nitrogens is 1. The number of hydrogen-bond acceptors (Lipinski definition) is 5. The summed E-state index contributed by atoms with van der Waals surface area (Å²) < 4.78 is 40.6. The molecule has 5 nitrogen and oxygen atoms in total. The van der Waals surface area contributed by atoms with Crippen molar-refractivity contribution in [3.63, 3.8) is 0 Å². The number of aryl methyl sites for hydroxylation is 1. The Balaban J connectivity index is 1.18. The van der Waals surface area contributed by atoms with Crippen LogP contribution in [0.4, 0.5) is 37.3 Å². The molecule has 3 heterocycles. The molecular formula is C75H64F2N4O. The number of nitrogens with zero attached hydrogens (tertiary/aromatic N) is 3. The SMILES string of the molecule is CC1=CC(c2ccccc2)=C(N(c2ccc(C(C)(C)C)cc2)c2ccc3c(c2)C(c2cccc(F)c2)(c2cccc(F)c2)c2cc(N(c4ccc(C(C)(C)C)cc4)c4ncc(C)cc4-c4ccccc4)c4c(oc5ccccc54)c2-3)NC1. The van der Waals surface area contributed by atoms with E-state index in [1.54, 1.807) is 24.3 Å². The quantitative estimate of drug-likeness (QED) is 0.148. The molecule has 13 rings (SSSR count). The predicted molar refractivity (Wildman–Crippen MR) is 335 cm³/mol. The second kappa shape index (κ2) is 20.0. The van der Waals surface area contributed by atoms with Gasteiger partial charge >= 0.3 is 0 Å². The van der Waals surface area contributed by atoms with Gasteiger partial charge < -0.3 is 9.73 Å². The van der Waals surface area contributed by atoms with Gasteiger partial charge in [0.2, 0.25) is 0 Å². The van der Waals surface area contributed by atoms with Crippen molar-refractivity contribution in [3.05, 3.63) is 292 Å². The first-order valence-corrected chi connectivity index (χ1v) is 28.3. The lowest BCUT2D eigenvalue weighted by atomic mass is 9.67. The van der Waals surface area contributed by atoms with Crippen molar-refractivity contribution in [2.75, 3.05) is 16.3 Å². The molecule has 9 aromatic carbocycles. The third-order valence-corrected chi connectivity index (χ3v) is 16.5. The topological polar surface area (TPSA) is 44.5 Å². The molecule has 0 saturated heterocycles. The largest absolute Gasteiger partial charge is 0.455 e. The first-order valence-electron chi connectivity index (χ1n) is 28.3. The van der Waals surface area contributed by atoms with E-state index in [4.69, 9.17) is 9.40 Å². The zero-order chi connectivity index (χ0) is 56.7. The maximum absolute atomic E-state index is 16.6. The Hall–Kier alpha value is -9.33. The molecule has 0 radical (unpaired) electrons. The smallest absolute Gasteiger partial charge is 0.145 e. The van der Waals surface area contributed by atoms with E-state index in [1.165, 1.54) is 28.8 Å². The molecule has 1 aliphatic carbocycles. The van der Waals surface area contributed by atoms with Crippen LogP contribution in [-0.2, 0) is 16.2 Å². The van der Waals surface area contributed by atoms with E-state index in [-0.39, 0.29) is 10.8 Å². The molecule has 2 aromatic heterocycles. The van der Waals surface area contributed by atoms with Crippen molar-refractivity contribution in [2.24, 2.45) is 0 Å². The van der Waals surface area contributed by atoms with Gasteiger partial charge in [-0.15, -0.1) is 0 Å². The number of rotatable bonds is 10. The van der Waals surface area contributed by atoms with E-state index >= 15 is 8.78 Å². The Morgan fingerprint density at radius 1 is 0.537 bits per heavy atom. The fourth-order valence-corrected chi connectivity index (χ4v) is 12.5. The molecule has 0 amide bonds. The molecule has 2 aliphatic rings. The predicted octanol–water partition coefficient (Wildman–Crippen LogP) is 19.7. The summed E-state index contributed by atoms with van der Waals surface area (Å²) in [4.78, 5) is 9.96. The van der Waals surface area contributed by atoms with E-state index in [1.807, 2.05) is 42.6 Å². The number of fused-ring (bicyclic) bond motifs is 7. The fraction of sp³-hybridized carbons (Fsp3) is 0.160. The Kier molecular flexibility index (Phi) is 12.7. The second-order valence-corrected chi connectivity index (χ2v) is 24.1. The number of pyridine rings is 1. The summed E-state index contributed by atoms with van der Waals surface area (Å²) in [6, 6.07) is 71.5. The number of dihydropyridines is 1. The zero-order valence-corrected chi connectivity index (χ0v) is 47.6. The van der Waals surface area contributed by atoms with Crippen LogP contribution in [0, 0.1) is 18.6 Å². The van der Waals surface area contributed by atoms with Crippen molar-refractivity contribution in [1.82, 2.24) is 10.3 Å². The fourth-order valence-electron chi connectivity index (χ4n) is 12.5. The molecule has 0 saturated carbocycles. The highest BCUT2D eigenvalue weighted by molar-refractivity contribution is 6.19. The molecule has 0 spiro atoms. The van der Waals surface area contributed by atoms with Crippen LogP contribution in [0.25, 0.3) is 49.8 Å². The number of nitrogens with one attached hydrogen (secondary N) is 1. The van der Waals surface area contributed by atoms with E-state index < -0.39 is 17.0 Å². The number of benzene rings is 9. The van der Waals surface area contributed by atoms with Gasteiger partial charge in [0.05, 0.1) is 16.5 Å². The highest BCUT2D eigenvalue weighted by Crippen LogP contribution is 2.62. The van der Waals surface area contributed by atoms with Crippen molar-refractivity contribution in [3.8, 4) is 22.3 Å². The van der Waals surface area contributed by atoms with Crippen LogP contribution in [0.5, 0.6) is 0 Å². The average Bonchev–Trinajstić information content (AvgIpc) is 3.10. The van der Waals surface area contributed by atoms with Crippen LogP contribution in [-0.4, -0.2) is 11.5 Å². The summed E-state index contributed by atoms with van der Waals surface area (Å²) in [6.45, 7) is 18.2. The zero-order valence-electron chi connectivity index (χ0n) is 47.6. The maximum Gasteiger partial charge on any atom is 0.145 e. The molecule has 0 unspecified atom stereocenters. The Morgan fingerprint density at radius 3 is 1.72 bits per heavy atom. The van der Waals surface area contributed by atoms with Crippen LogP contribution in [0.2, 0.25) is 0 Å². The molecule has 0 bridgehead atoms. The summed E-state index contributed by atoms with van der Waals surface area (Å²) in [5.74, 6) is 0.806. The van der Waals surface area contributed by atoms with Gasteiger partial charge in [-0.25, -0.2) is 13.8 Å². The Bertz CT molecular complexity index is 4290.